The predicted molar refractivity (Wildman–Crippen MR) is 188 cm³/mol. The van der Waals surface area contributed by atoms with Crippen LogP contribution in [0.5, 0.6) is 0 Å². The fourth-order valence-corrected chi connectivity index (χ4v) is 7.09. The average molecular weight is 565 g/mol. The summed E-state index contributed by atoms with van der Waals surface area (Å²) in [6.45, 7) is 10.8. The van der Waals surface area contributed by atoms with Crippen LogP contribution >= 0.6 is 0 Å². The molecule has 0 amide bonds. The van der Waals surface area contributed by atoms with Gasteiger partial charge in [0.05, 0.1) is 11.2 Å². The number of allylic oxidation sites excluding steroid dienone is 5. The summed E-state index contributed by atoms with van der Waals surface area (Å²) in [6, 6.07) is 37.6. The van der Waals surface area contributed by atoms with Crippen molar-refractivity contribution in [2.75, 3.05) is 0 Å². The van der Waals surface area contributed by atoms with Crippen LogP contribution in [-0.4, -0.2) is 9.97 Å². The SMILES string of the molecule is C=C/C(=C\C=C/C)c1nc(-c2ccc3c(ccc4ccc5cc6c(cc5c43)-c3ccccc3C6(C)C)c2)nc2ccccc12. The highest BCUT2D eigenvalue weighted by atomic mass is 14.9. The first-order valence-electron chi connectivity index (χ1n) is 15.2. The van der Waals surface area contributed by atoms with Crippen molar-refractivity contribution in [2.24, 2.45) is 0 Å². The number of hydrogen-bond donors (Lipinski definition) is 0. The van der Waals surface area contributed by atoms with Gasteiger partial charge in [-0.2, -0.15) is 0 Å². The van der Waals surface area contributed by atoms with Crippen LogP contribution in [0.1, 0.15) is 37.6 Å². The van der Waals surface area contributed by atoms with E-state index in [1.807, 2.05) is 37.3 Å². The quantitative estimate of drug-likeness (QED) is 0.157. The first-order chi connectivity index (χ1) is 21.5. The molecule has 0 atom stereocenters. The number of benzene rings is 6. The second kappa shape index (κ2) is 9.86. The molecule has 0 N–H and O–H groups in total. The van der Waals surface area contributed by atoms with Crippen molar-refractivity contribution in [1.82, 2.24) is 9.97 Å². The molecule has 2 nitrogen and oxygen atoms in total. The molecule has 0 saturated heterocycles. The number of aromatic nitrogens is 2. The van der Waals surface area contributed by atoms with E-state index in [1.54, 1.807) is 0 Å². The molecule has 8 rings (SSSR count). The van der Waals surface area contributed by atoms with Gasteiger partial charge in [-0.1, -0.05) is 124 Å². The van der Waals surface area contributed by atoms with Crippen molar-refractivity contribution in [2.45, 2.75) is 26.2 Å². The third-order valence-corrected chi connectivity index (χ3v) is 9.34. The van der Waals surface area contributed by atoms with Gasteiger partial charge in [0.1, 0.15) is 0 Å². The van der Waals surface area contributed by atoms with Crippen LogP contribution in [-0.2, 0) is 5.41 Å². The topological polar surface area (TPSA) is 25.8 Å². The van der Waals surface area contributed by atoms with Gasteiger partial charge in [-0.3, -0.25) is 0 Å². The van der Waals surface area contributed by atoms with E-state index in [2.05, 4.69) is 117 Å². The minimum absolute atomic E-state index is 0.0189. The molecule has 1 aromatic heterocycles. The number of hydrogen-bond acceptors (Lipinski definition) is 2. The molecule has 7 aromatic rings. The molecule has 0 unspecified atom stereocenters. The summed E-state index contributed by atoms with van der Waals surface area (Å²) in [5.74, 6) is 0.712. The lowest BCUT2D eigenvalue weighted by Gasteiger charge is -2.22. The second-order valence-electron chi connectivity index (χ2n) is 12.2. The maximum Gasteiger partial charge on any atom is 0.160 e. The first-order valence-corrected chi connectivity index (χ1v) is 15.2. The number of nitrogens with zero attached hydrogens (tertiary/aromatic N) is 2. The van der Waals surface area contributed by atoms with Gasteiger partial charge < -0.3 is 0 Å². The minimum atomic E-state index is -0.0189. The Morgan fingerprint density at radius 1 is 0.682 bits per heavy atom. The smallest absolute Gasteiger partial charge is 0.160 e. The Hall–Kier alpha value is -5.34. The van der Waals surface area contributed by atoms with E-state index in [4.69, 9.17) is 9.97 Å². The Labute approximate surface area is 257 Å². The van der Waals surface area contributed by atoms with Crippen LogP contribution in [0.2, 0.25) is 0 Å². The molecule has 0 fully saturated rings. The van der Waals surface area contributed by atoms with Gasteiger partial charge in [0.25, 0.3) is 0 Å². The lowest BCUT2D eigenvalue weighted by Crippen LogP contribution is -2.14. The molecule has 0 spiro atoms. The summed E-state index contributed by atoms with van der Waals surface area (Å²) in [4.78, 5) is 10.1. The molecule has 1 aliphatic carbocycles. The molecule has 6 aromatic carbocycles. The predicted octanol–water partition coefficient (Wildman–Crippen LogP) is 11.2. The van der Waals surface area contributed by atoms with Crippen LogP contribution in [0.3, 0.4) is 0 Å². The molecule has 0 aliphatic heterocycles. The van der Waals surface area contributed by atoms with Crippen molar-refractivity contribution in [3.63, 3.8) is 0 Å². The summed E-state index contributed by atoms with van der Waals surface area (Å²) in [6.07, 6.45) is 7.96. The molecule has 2 heteroatoms. The van der Waals surface area contributed by atoms with Crippen LogP contribution in [0.25, 0.3) is 71.3 Å². The molecule has 0 radical (unpaired) electrons. The van der Waals surface area contributed by atoms with Crippen LogP contribution < -0.4 is 0 Å². The Morgan fingerprint density at radius 3 is 2.25 bits per heavy atom. The fraction of sp³-hybridized carbons (Fsp3) is 0.0952. The van der Waals surface area contributed by atoms with E-state index in [0.717, 1.165) is 27.7 Å². The maximum atomic E-state index is 5.10. The zero-order chi connectivity index (χ0) is 30.0. The Kier molecular flexibility index (Phi) is 5.89. The van der Waals surface area contributed by atoms with Crippen molar-refractivity contribution >= 4 is 48.8 Å². The third-order valence-electron chi connectivity index (χ3n) is 9.34. The normalized spacial score (nSPS) is 14.1. The highest BCUT2D eigenvalue weighted by Crippen LogP contribution is 2.50. The molecule has 1 heterocycles. The average Bonchev–Trinajstić information content (AvgIpc) is 3.28. The highest BCUT2D eigenvalue weighted by molar-refractivity contribution is 6.21. The number of fused-ring (bicyclic) bond motifs is 9. The Balaban J connectivity index is 1.35. The molecule has 210 valence electrons. The van der Waals surface area contributed by atoms with Crippen LogP contribution in [0, 0.1) is 0 Å². The van der Waals surface area contributed by atoms with E-state index in [-0.39, 0.29) is 5.41 Å². The van der Waals surface area contributed by atoms with E-state index < -0.39 is 0 Å². The molecular formula is C42H32N2. The van der Waals surface area contributed by atoms with Crippen LogP contribution in [0.15, 0.2) is 134 Å². The van der Waals surface area contributed by atoms with Gasteiger partial charge in [0, 0.05) is 21.9 Å². The van der Waals surface area contributed by atoms with Crippen molar-refractivity contribution in [3.8, 4) is 22.5 Å². The first kappa shape index (κ1) is 26.3. The fourth-order valence-electron chi connectivity index (χ4n) is 7.09. The number of para-hydroxylation sites is 1. The van der Waals surface area contributed by atoms with Crippen molar-refractivity contribution in [1.29, 1.82) is 0 Å². The van der Waals surface area contributed by atoms with Gasteiger partial charge >= 0.3 is 0 Å². The molecule has 0 saturated carbocycles. The summed E-state index contributed by atoms with van der Waals surface area (Å²) < 4.78 is 0. The number of rotatable bonds is 4. The maximum absolute atomic E-state index is 5.10. The molecule has 0 bridgehead atoms. The van der Waals surface area contributed by atoms with Gasteiger partial charge in [0.15, 0.2) is 5.82 Å². The lowest BCUT2D eigenvalue weighted by molar-refractivity contribution is 0.661. The summed E-state index contributed by atoms with van der Waals surface area (Å²) in [7, 11) is 0. The van der Waals surface area contributed by atoms with Crippen LogP contribution in [0.4, 0.5) is 0 Å². The van der Waals surface area contributed by atoms with Gasteiger partial charge in [0.2, 0.25) is 0 Å². The van der Waals surface area contributed by atoms with Gasteiger partial charge in [-0.05, 0) is 85.8 Å². The minimum Gasteiger partial charge on any atom is -0.228 e. The molecular weight excluding hydrogens is 532 g/mol. The second-order valence-corrected chi connectivity index (χ2v) is 12.2. The zero-order valence-corrected chi connectivity index (χ0v) is 25.2. The summed E-state index contributed by atoms with van der Waals surface area (Å²) in [5.41, 5.74) is 9.26. The van der Waals surface area contributed by atoms with E-state index >= 15 is 0 Å². The highest BCUT2D eigenvalue weighted by Gasteiger charge is 2.35. The van der Waals surface area contributed by atoms with E-state index in [1.165, 1.54) is 54.6 Å². The lowest BCUT2D eigenvalue weighted by atomic mass is 9.81. The Morgan fingerprint density at radius 2 is 1.43 bits per heavy atom. The van der Waals surface area contributed by atoms with Crippen molar-refractivity contribution < 1.29 is 0 Å². The monoisotopic (exact) mass is 564 g/mol. The van der Waals surface area contributed by atoms with Gasteiger partial charge in [-0.15, -0.1) is 0 Å². The summed E-state index contributed by atoms with van der Waals surface area (Å²) >= 11 is 0. The molecule has 1 aliphatic rings. The standard InChI is InChI=1S/C42H32N2/c1-5-7-12-26(6-2)40-33-14-9-11-16-38(33)43-41(44-40)30-21-22-31-28(23-30)19-17-27-18-20-29-24-37-35(25-34(29)39(27)31)32-13-8-10-15-36(32)42(37,3)4/h5-25H,2H2,1,3-4H3/b7-5-,26-12+. The molecule has 44 heavy (non-hydrogen) atoms. The summed E-state index contributed by atoms with van der Waals surface area (Å²) in [5, 5.41) is 8.54. The third kappa shape index (κ3) is 3.88. The zero-order valence-electron chi connectivity index (χ0n) is 25.2. The van der Waals surface area contributed by atoms with E-state index in [9.17, 15) is 0 Å². The largest absolute Gasteiger partial charge is 0.228 e. The van der Waals surface area contributed by atoms with Gasteiger partial charge in [-0.25, -0.2) is 9.97 Å². The Bertz CT molecular complexity index is 2390. The van der Waals surface area contributed by atoms with E-state index in [0.29, 0.717) is 5.82 Å². The van der Waals surface area contributed by atoms with Crippen molar-refractivity contribution in [3.05, 3.63) is 151 Å².